The second-order valence-corrected chi connectivity index (χ2v) is 7.78. The number of aromatic hydroxyl groups is 1. The van der Waals surface area contributed by atoms with Gasteiger partial charge in [0.1, 0.15) is 23.9 Å². The number of benzene rings is 4. The minimum atomic E-state index is 0.262. The highest BCUT2D eigenvalue weighted by Crippen LogP contribution is 2.35. The van der Waals surface area contributed by atoms with Gasteiger partial charge in [-0.2, -0.15) is 0 Å². The van der Waals surface area contributed by atoms with Crippen molar-refractivity contribution in [3.8, 4) is 17.2 Å². The van der Waals surface area contributed by atoms with Gasteiger partial charge in [0.05, 0.1) is 7.11 Å². The predicted molar refractivity (Wildman–Crippen MR) is 135 cm³/mol. The Morgan fingerprint density at radius 1 is 0.667 bits per heavy atom. The lowest BCUT2D eigenvalue weighted by Crippen LogP contribution is -1.97. The molecule has 0 atom stereocenters. The molecule has 0 spiro atoms. The summed E-state index contributed by atoms with van der Waals surface area (Å²) in [7, 11) is 1.66. The number of hydrogen-bond acceptors (Lipinski definition) is 3. The molecule has 0 aliphatic rings. The van der Waals surface area contributed by atoms with E-state index in [0.29, 0.717) is 6.61 Å². The third kappa shape index (κ3) is 5.45. The van der Waals surface area contributed by atoms with E-state index in [1.807, 2.05) is 54.6 Å². The summed E-state index contributed by atoms with van der Waals surface area (Å²) in [6, 6.07) is 34.0. The van der Waals surface area contributed by atoms with Crippen LogP contribution in [0.5, 0.6) is 17.2 Å². The number of hydrogen-bond donors (Lipinski definition) is 1. The van der Waals surface area contributed by atoms with Crippen LogP contribution >= 0.6 is 0 Å². The van der Waals surface area contributed by atoms with Crippen LogP contribution in [0.25, 0.3) is 11.1 Å². The zero-order valence-electron chi connectivity index (χ0n) is 19.0. The minimum Gasteiger partial charge on any atom is -0.508 e. The molecule has 1 N–H and O–H groups in total. The van der Waals surface area contributed by atoms with E-state index in [2.05, 4.69) is 43.3 Å². The molecule has 0 fully saturated rings. The van der Waals surface area contributed by atoms with Gasteiger partial charge in [-0.1, -0.05) is 73.7 Å². The van der Waals surface area contributed by atoms with E-state index < -0.39 is 0 Å². The summed E-state index contributed by atoms with van der Waals surface area (Å²) in [5.74, 6) is 1.91. The van der Waals surface area contributed by atoms with E-state index in [1.165, 1.54) is 11.1 Å². The first-order valence-corrected chi connectivity index (χ1v) is 11.1. The van der Waals surface area contributed by atoms with Crippen molar-refractivity contribution in [2.45, 2.75) is 20.0 Å². The van der Waals surface area contributed by atoms with Crippen molar-refractivity contribution in [3.63, 3.8) is 0 Å². The Morgan fingerprint density at radius 2 is 1.24 bits per heavy atom. The Balaban J connectivity index is 1.64. The second kappa shape index (κ2) is 10.6. The molecule has 33 heavy (non-hydrogen) atoms. The molecule has 4 rings (SSSR count). The van der Waals surface area contributed by atoms with Gasteiger partial charge in [0, 0.05) is 0 Å². The van der Waals surface area contributed by atoms with Gasteiger partial charge >= 0.3 is 0 Å². The third-order valence-corrected chi connectivity index (χ3v) is 5.64. The zero-order valence-corrected chi connectivity index (χ0v) is 19.0. The Labute approximate surface area is 195 Å². The fourth-order valence-corrected chi connectivity index (χ4v) is 3.91. The fraction of sp³-hybridized carbons (Fsp3) is 0.133. The van der Waals surface area contributed by atoms with Crippen LogP contribution in [0.3, 0.4) is 0 Å². The van der Waals surface area contributed by atoms with E-state index in [0.717, 1.165) is 40.2 Å². The number of allylic oxidation sites excluding steroid dienone is 1. The zero-order chi connectivity index (χ0) is 23.0. The van der Waals surface area contributed by atoms with Gasteiger partial charge < -0.3 is 14.6 Å². The first-order valence-electron chi connectivity index (χ1n) is 11.1. The van der Waals surface area contributed by atoms with Crippen LogP contribution < -0.4 is 9.47 Å². The molecule has 0 radical (unpaired) electrons. The molecule has 0 unspecified atom stereocenters. The number of phenolic OH excluding ortho intramolecular Hbond substituents is 1. The minimum absolute atomic E-state index is 0.262. The van der Waals surface area contributed by atoms with Crippen LogP contribution in [0.15, 0.2) is 103 Å². The lowest BCUT2D eigenvalue weighted by molar-refractivity contribution is 0.306. The molecule has 166 valence electrons. The molecule has 0 aliphatic carbocycles. The molecule has 3 heteroatoms. The lowest BCUT2D eigenvalue weighted by atomic mass is 9.88. The summed E-state index contributed by atoms with van der Waals surface area (Å²) < 4.78 is 11.2. The number of rotatable bonds is 8. The topological polar surface area (TPSA) is 38.7 Å². The maximum Gasteiger partial charge on any atom is 0.119 e. The first kappa shape index (κ1) is 22.2. The van der Waals surface area contributed by atoms with Crippen molar-refractivity contribution in [1.29, 1.82) is 0 Å². The van der Waals surface area contributed by atoms with Crippen molar-refractivity contribution < 1.29 is 14.6 Å². The Hall–Kier alpha value is -3.98. The van der Waals surface area contributed by atoms with Gasteiger partial charge in [-0.05, 0) is 76.2 Å². The molecule has 4 aromatic rings. The van der Waals surface area contributed by atoms with Crippen LogP contribution in [0, 0.1) is 0 Å². The summed E-state index contributed by atoms with van der Waals surface area (Å²) in [5, 5.41) is 9.80. The highest BCUT2D eigenvalue weighted by atomic mass is 16.5. The van der Waals surface area contributed by atoms with Gasteiger partial charge in [0.2, 0.25) is 0 Å². The molecule has 0 saturated carbocycles. The molecular weight excluding hydrogens is 408 g/mol. The monoisotopic (exact) mass is 436 g/mol. The van der Waals surface area contributed by atoms with E-state index >= 15 is 0 Å². The molecule has 0 bridgehead atoms. The molecule has 0 amide bonds. The number of methoxy groups -OCH3 is 1. The van der Waals surface area contributed by atoms with Crippen LogP contribution in [0.1, 0.15) is 35.6 Å². The van der Waals surface area contributed by atoms with E-state index in [4.69, 9.17) is 9.47 Å². The quantitative estimate of drug-likeness (QED) is 0.294. The van der Waals surface area contributed by atoms with Crippen molar-refractivity contribution in [3.05, 3.63) is 125 Å². The SMILES string of the molecule is CC/C(=C(/c1ccc(O)cc1)c1ccc(OCc2ccc(OC)cc2)cc1)c1ccccc1. The largest absolute Gasteiger partial charge is 0.508 e. The van der Waals surface area contributed by atoms with E-state index in [9.17, 15) is 5.11 Å². The van der Waals surface area contributed by atoms with Gasteiger partial charge in [0.15, 0.2) is 0 Å². The van der Waals surface area contributed by atoms with Crippen LogP contribution in [-0.4, -0.2) is 12.2 Å². The van der Waals surface area contributed by atoms with Gasteiger partial charge in [-0.25, -0.2) is 0 Å². The Bertz CT molecular complexity index is 1190. The van der Waals surface area contributed by atoms with Gasteiger partial charge in [0.25, 0.3) is 0 Å². The second-order valence-electron chi connectivity index (χ2n) is 7.78. The fourth-order valence-electron chi connectivity index (χ4n) is 3.91. The summed E-state index contributed by atoms with van der Waals surface area (Å²) in [6.07, 6.45) is 0.885. The number of ether oxygens (including phenoxy) is 2. The van der Waals surface area contributed by atoms with Crippen molar-refractivity contribution in [2.75, 3.05) is 7.11 Å². The first-order chi connectivity index (χ1) is 16.2. The molecule has 3 nitrogen and oxygen atoms in total. The van der Waals surface area contributed by atoms with Crippen molar-refractivity contribution in [1.82, 2.24) is 0 Å². The van der Waals surface area contributed by atoms with Crippen molar-refractivity contribution >= 4 is 11.1 Å². The summed E-state index contributed by atoms with van der Waals surface area (Å²) >= 11 is 0. The van der Waals surface area contributed by atoms with Crippen LogP contribution in [-0.2, 0) is 6.61 Å². The van der Waals surface area contributed by atoms with Gasteiger partial charge in [-0.3, -0.25) is 0 Å². The number of phenols is 1. The Morgan fingerprint density at radius 3 is 1.82 bits per heavy atom. The smallest absolute Gasteiger partial charge is 0.119 e. The van der Waals surface area contributed by atoms with E-state index in [1.54, 1.807) is 19.2 Å². The molecule has 0 heterocycles. The molecule has 0 saturated heterocycles. The molecule has 0 aromatic heterocycles. The maximum atomic E-state index is 9.80. The molecule has 0 aliphatic heterocycles. The summed E-state index contributed by atoms with van der Waals surface area (Å²) in [5.41, 5.74) is 6.88. The summed E-state index contributed by atoms with van der Waals surface area (Å²) in [6.45, 7) is 2.67. The Kier molecular flexibility index (Phi) is 7.11. The molecule has 4 aromatic carbocycles. The van der Waals surface area contributed by atoms with E-state index in [-0.39, 0.29) is 5.75 Å². The third-order valence-electron chi connectivity index (χ3n) is 5.64. The highest BCUT2D eigenvalue weighted by molar-refractivity contribution is 5.98. The summed E-state index contributed by atoms with van der Waals surface area (Å²) in [4.78, 5) is 0. The van der Waals surface area contributed by atoms with Gasteiger partial charge in [-0.15, -0.1) is 0 Å². The maximum absolute atomic E-state index is 9.80. The average Bonchev–Trinajstić information content (AvgIpc) is 2.88. The normalized spacial score (nSPS) is 11.6. The lowest BCUT2D eigenvalue weighted by Gasteiger charge is -2.17. The van der Waals surface area contributed by atoms with Crippen molar-refractivity contribution in [2.24, 2.45) is 0 Å². The highest BCUT2D eigenvalue weighted by Gasteiger charge is 2.13. The predicted octanol–water partition coefficient (Wildman–Crippen LogP) is 7.35. The van der Waals surface area contributed by atoms with Crippen LogP contribution in [0.4, 0.5) is 0 Å². The molecular formula is C30H28O3. The standard InChI is InChI=1S/C30H28O3/c1-3-29(23-7-5-4-6-8-23)30(24-11-15-26(31)16-12-24)25-13-19-28(20-14-25)33-21-22-9-17-27(32-2)18-10-22/h4-20,31H,3,21H2,1-2H3/b30-29+. The van der Waals surface area contributed by atoms with Crippen LogP contribution in [0.2, 0.25) is 0 Å². The average molecular weight is 437 g/mol.